The molecule has 33 heavy (non-hydrogen) atoms. The van der Waals surface area contributed by atoms with Crippen LogP contribution in [0.3, 0.4) is 0 Å². The first-order chi connectivity index (χ1) is 16.0. The molecule has 0 spiro atoms. The van der Waals surface area contributed by atoms with Gasteiger partial charge in [-0.05, 0) is 37.5 Å². The SMILES string of the molecule is Nc1nc(NC2CC2)c2ncn(C3C=CC(COP4(=O)OCc5cc(Cl)ccc5O4)C3)c2n1. The molecule has 1 aromatic carbocycles. The summed E-state index contributed by atoms with van der Waals surface area (Å²) in [6.45, 7) is 0.321. The highest BCUT2D eigenvalue weighted by Crippen LogP contribution is 2.55. The molecule has 2 aromatic heterocycles. The van der Waals surface area contributed by atoms with Crippen LogP contribution in [-0.4, -0.2) is 32.2 Å². The number of nitrogens with two attached hydrogens (primary N) is 1. The van der Waals surface area contributed by atoms with Gasteiger partial charge in [-0.1, -0.05) is 23.8 Å². The maximum Gasteiger partial charge on any atom is 0.530 e. The van der Waals surface area contributed by atoms with E-state index >= 15 is 0 Å². The number of fused-ring (bicyclic) bond motifs is 2. The first-order valence-corrected chi connectivity index (χ1v) is 12.6. The number of halogens is 1. The van der Waals surface area contributed by atoms with Gasteiger partial charge in [-0.25, -0.2) is 9.55 Å². The van der Waals surface area contributed by atoms with Crippen molar-refractivity contribution < 1.29 is 18.1 Å². The summed E-state index contributed by atoms with van der Waals surface area (Å²) in [5.74, 6) is 1.37. The summed E-state index contributed by atoms with van der Waals surface area (Å²) >= 11 is 5.99. The van der Waals surface area contributed by atoms with Crippen molar-refractivity contribution >= 4 is 42.4 Å². The predicted octanol–water partition coefficient (Wildman–Crippen LogP) is 4.49. The van der Waals surface area contributed by atoms with Crippen molar-refractivity contribution in [3.05, 3.63) is 47.3 Å². The van der Waals surface area contributed by atoms with Crippen LogP contribution in [0.2, 0.25) is 5.02 Å². The van der Waals surface area contributed by atoms with Crippen LogP contribution in [0.1, 0.15) is 30.9 Å². The van der Waals surface area contributed by atoms with Crippen LogP contribution >= 0.6 is 19.4 Å². The highest BCUT2D eigenvalue weighted by molar-refractivity contribution is 7.49. The van der Waals surface area contributed by atoms with E-state index in [4.69, 9.17) is 30.9 Å². The number of benzene rings is 1. The lowest BCUT2D eigenvalue weighted by molar-refractivity contribution is 0.124. The molecule has 172 valence electrons. The largest absolute Gasteiger partial charge is 0.530 e. The molecule has 0 saturated heterocycles. The Morgan fingerprint density at radius 3 is 3.03 bits per heavy atom. The Morgan fingerprint density at radius 2 is 2.18 bits per heavy atom. The third-order valence-electron chi connectivity index (χ3n) is 5.92. The normalized spacial score (nSPS) is 26.3. The van der Waals surface area contributed by atoms with E-state index in [0.29, 0.717) is 33.8 Å². The summed E-state index contributed by atoms with van der Waals surface area (Å²) in [5, 5.41) is 3.94. The zero-order chi connectivity index (χ0) is 22.6. The summed E-state index contributed by atoms with van der Waals surface area (Å²) in [5.41, 5.74) is 8.08. The van der Waals surface area contributed by atoms with E-state index in [1.807, 2.05) is 10.6 Å². The predicted molar refractivity (Wildman–Crippen MR) is 123 cm³/mol. The summed E-state index contributed by atoms with van der Waals surface area (Å²) in [6, 6.07) is 5.52. The summed E-state index contributed by atoms with van der Waals surface area (Å²) in [4.78, 5) is 13.3. The van der Waals surface area contributed by atoms with E-state index in [1.165, 1.54) is 0 Å². The summed E-state index contributed by atoms with van der Waals surface area (Å²) < 4.78 is 31.5. The van der Waals surface area contributed by atoms with Crippen LogP contribution in [0, 0.1) is 5.92 Å². The van der Waals surface area contributed by atoms with Crippen molar-refractivity contribution in [2.24, 2.45) is 5.92 Å². The molecule has 3 unspecified atom stereocenters. The van der Waals surface area contributed by atoms with Crippen molar-refractivity contribution in [1.29, 1.82) is 0 Å². The zero-order valence-corrected chi connectivity index (χ0v) is 19.2. The Labute approximate surface area is 194 Å². The molecule has 1 aliphatic heterocycles. The molecule has 2 aliphatic carbocycles. The Balaban J connectivity index is 1.13. The number of rotatable bonds is 6. The van der Waals surface area contributed by atoms with Crippen LogP contribution in [-0.2, 0) is 20.2 Å². The highest BCUT2D eigenvalue weighted by atomic mass is 35.5. The zero-order valence-electron chi connectivity index (χ0n) is 17.6. The van der Waals surface area contributed by atoms with Crippen molar-refractivity contribution in [3.63, 3.8) is 0 Å². The number of phosphoric acid groups is 1. The molecule has 0 amide bonds. The monoisotopic (exact) mass is 488 g/mol. The Hall–Kier alpha value is -2.65. The number of anilines is 2. The Kier molecular flexibility index (Phi) is 5.06. The second-order valence-electron chi connectivity index (χ2n) is 8.48. The topological polar surface area (TPSA) is 126 Å². The maximum atomic E-state index is 12.9. The molecule has 0 bridgehead atoms. The number of imidazole rings is 1. The smallest absolute Gasteiger partial charge is 0.404 e. The fourth-order valence-corrected chi connectivity index (χ4v) is 5.54. The minimum Gasteiger partial charge on any atom is -0.404 e. The fraction of sp³-hybridized carbons (Fsp3) is 0.381. The highest BCUT2D eigenvalue weighted by Gasteiger charge is 2.36. The first kappa shape index (κ1) is 20.9. The third-order valence-corrected chi connectivity index (χ3v) is 7.49. The van der Waals surface area contributed by atoms with E-state index in [2.05, 4.69) is 26.3 Å². The lowest BCUT2D eigenvalue weighted by atomic mass is 10.1. The molecule has 1 fully saturated rings. The minimum atomic E-state index is -3.69. The second-order valence-corrected chi connectivity index (χ2v) is 10.5. The average Bonchev–Trinajstić information content (AvgIpc) is 3.30. The molecular formula is C21H22ClN6O4P. The van der Waals surface area contributed by atoms with E-state index in [-0.39, 0.29) is 31.1 Å². The van der Waals surface area contributed by atoms with Gasteiger partial charge in [0.1, 0.15) is 5.75 Å². The lowest BCUT2D eigenvalue weighted by Crippen LogP contribution is -2.14. The van der Waals surface area contributed by atoms with Crippen LogP contribution in [0.25, 0.3) is 11.2 Å². The van der Waals surface area contributed by atoms with Gasteiger partial charge in [0.2, 0.25) is 5.95 Å². The average molecular weight is 489 g/mol. The number of nitrogens with one attached hydrogen (secondary N) is 1. The van der Waals surface area contributed by atoms with Crippen molar-refractivity contribution in [2.75, 3.05) is 17.7 Å². The van der Waals surface area contributed by atoms with Crippen LogP contribution in [0.4, 0.5) is 11.8 Å². The molecule has 10 nitrogen and oxygen atoms in total. The minimum absolute atomic E-state index is 0.0173. The second kappa shape index (κ2) is 7.99. The number of phosphoric ester groups is 1. The standard InChI is InChI=1S/C21H22ClN6O4P/c22-14-2-6-17-13(8-14)10-31-33(29,32-17)30-9-12-1-5-16(7-12)28-11-24-18-19(25-15-3-4-15)26-21(23)27-20(18)28/h1-2,5-6,8,11-12,15-16H,3-4,7,9-10H2,(H3,23,25,26,27). The molecule has 0 radical (unpaired) electrons. The number of nitrogens with zero attached hydrogens (tertiary/aromatic N) is 4. The quantitative estimate of drug-likeness (QED) is 0.381. The van der Waals surface area contributed by atoms with Gasteiger partial charge in [-0.3, -0.25) is 9.05 Å². The maximum absolute atomic E-state index is 12.9. The molecule has 3 aliphatic rings. The fourth-order valence-electron chi connectivity index (χ4n) is 4.08. The molecule has 12 heteroatoms. The van der Waals surface area contributed by atoms with Gasteiger partial charge in [0.05, 0.1) is 25.6 Å². The summed E-state index contributed by atoms with van der Waals surface area (Å²) in [6.07, 6.45) is 8.83. The molecule has 3 N–H and O–H groups in total. The Bertz CT molecular complexity index is 1310. The number of hydrogen-bond acceptors (Lipinski definition) is 9. The van der Waals surface area contributed by atoms with Crippen LogP contribution < -0.4 is 15.6 Å². The van der Waals surface area contributed by atoms with Crippen LogP contribution in [0.15, 0.2) is 36.7 Å². The van der Waals surface area contributed by atoms with E-state index in [0.717, 1.165) is 24.8 Å². The van der Waals surface area contributed by atoms with Crippen molar-refractivity contribution in [1.82, 2.24) is 19.5 Å². The molecule has 1 saturated carbocycles. The van der Waals surface area contributed by atoms with Gasteiger partial charge in [-0.15, -0.1) is 0 Å². The number of aromatic nitrogens is 4. The van der Waals surface area contributed by atoms with Gasteiger partial charge in [0.25, 0.3) is 0 Å². The lowest BCUT2D eigenvalue weighted by Gasteiger charge is -2.25. The molecule has 3 aromatic rings. The molecule has 3 atom stereocenters. The van der Waals surface area contributed by atoms with Gasteiger partial charge in [0, 0.05) is 22.5 Å². The van der Waals surface area contributed by atoms with Crippen molar-refractivity contribution in [2.45, 2.75) is 38.0 Å². The van der Waals surface area contributed by atoms with E-state index < -0.39 is 7.82 Å². The number of hydrogen-bond donors (Lipinski definition) is 2. The van der Waals surface area contributed by atoms with Gasteiger partial charge in [-0.2, -0.15) is 9.97 Å². The van der Waals surface area contributed by atoms with Crippen LogP contribution in [0.5, 0.6) is 5.75 Å². The Morgan fingerprint density at radius 1 is 1.30 bits per heavy atom. The van der Waals surface area contributed by atoms with E-state index in [9.17, 15) is 4.57 Å². The molecule has 6 rings (SSSR count). The van der Waals surface area contributed by atoms with Gasteiger partial charge < -0.3 is 20.1 Å². The number of allylic oxidation sites excluding steroid dienone is 1. The van der Waals surface area contributed by atoms with Gasteiger partial charge in [0.15, 0.2) is 17.0 Å². The third kappa shape index (κ3) is 4.19. The number of nitrogen functional groups attached to an aromatic ring is 1. The first-order valence-electron chi connectivity index (χ1n) is 10.8. The molecule has 3 heterocycles. The van der Waals surface area contributed by atoms with Crippen molar-refractivity contribution in [3.8, 4) is 5.75 Å². The molecular weight excluding hydrogens is 467 g/mol. The van der Waals surface area contributed by atoms with Gasteiger partial charge >= 0.3 is 7.82 Å². The van der Waals surface area contributed by atoms with E-state index in [1.54, 1.807) is 24.5 Å². The summed E-state index contributed by atoms with van der Waals surface area (Å²) in [7, 11) is -3.69.